The van der Waals surface area contributed by atoms with Gasteiger partial charge in [-0.15, -0.1) is 11.3 Å². The number of ether oxygens (including phenoxy) is 1. The van der Waals surface area contributed by atoms with Crippen LogP contribution in [0.5, 0.6) is 5.75 Å². The van der Waals surface area contributed by atoms with Crippen molar-refractivity contribution in [1.29, 1.82) is 0 Å². The van der Waals surface area contributed by atoms with Crippen LogP contribution < -0.4 is 10.1 Å². The number of aryl methyl sites for hydroxylation is 1. The number of methoxy groups -OCH3 is 1. The zero-order valence-electron chi connectivity index (χ0n) is 15.4. The Morgan fingerprint density at radius 2 is 1.81 bits per heavy atom. The molecule has 0 spiro atoms. The molecule has 0 atom stereocenters. The summed E-state index contributed by atoms with van der Waals surface area (Å²) in [5.74, 6) is 1.67. The minimum Gasteiger partial charge on any atom is -0.497 e. The Labute approximate surface area is 168 Å². The second kappa shape index (κ2) is 9.58. The Bertz CT molecular complexity index is 874. The van der Waals surface area contributed by atoms with E-state index in [1.165, 1.54) is 11.1 Å². The number of thiazole rings is 1. The predicted molar refractivity (Wildman–Crippen MR) is 111 cm³/mol. The standard InChI is InChI=1S/C21H22N2O2S2/c1-15-3-5-17(6-4-15)13-26-21-23-18(14-27-21)11-20(24)22-12-16-7-9-19(25-2)10-8-16/h3-10,14H,11-13H2,1-2H3,(H,22,24). The molecule has 0 saturated heterocycles. The van der Waals surface area contributed by atoms with Crippen molar-refractivity contribution >= 4 is 29.0 Å². The van der Waals surface area contributed by atoms with Gasteiger partial charge in [0.05, 0.1) is 19.2 Å². The number of amides is 1. The van der Waals surface area contributed by atoms with Gasteiger partial charge < -0.3 is 10.1 Å². The normalized spacial score (nSPS) is 10.6. The summed E-state index contributed by atoms with van der Waals surface area (Å²) in [5, 5.41) is 4.90. The van der Waals surface area contributed by atoms with Crippen LogP contribution in [0, 0.1) is 6.92 Å². The Morgan fingerprint density at radius 1 is 1.11 bits per heavy atom. The van der Waals surface area contributed by atoms with E-state index >= 15 is 0 Å². The summed E-state index contributed by atoms with van der Waals surface area (Å²) in [4.78, 5) is 16.7. The fourth-order valence-electron chi connectivity index (χ4n) is 2.44. The summed E-state index contributed by atoms with van der Waals surface area (Å²) in [6.07, 6.45) is 0.303. The maximum Gasteiger partial charge on any atom is 0.226 e. The number of nitrogens with one attached hydrogen (secondary N) is 1. The summed E-state index contributed by atoms with van der Waals surface area (Å²) in [5.41, 5.74) is 4.40. The van der Waals surface area contributed by atoms with E-state index in [4.69, 9.17) is 4.74 Å². The maximum absolute atomic E-state index is 12.2. The van der Waals surface area contributed by atoms with Crippen molar-refractivity contribution in [2.45, 2.75) is 30.0 Å². The SMILES string of the molecule is COc1ccc(CNC(=O)Cc2csc(SCc3ccc(C)cc3)n2)cc1. The van der Waals surface area contributed by atoms with E-state index in [1.54, 1.807) is 30.2 Å². The Morgan fingerprint density at radius 3 is 2.52 bits per heavy atom. The number of rotatable bonds is 8. The molecule has 1 amide bonds. The molecule has 3 rings (SSSR count). The summed E-state index contributed by atoms with van der Waals surface area (Å²) < 4.78 is 6.13. The minimum absolute atomic E-state index is 0.0220. The van der Waals surface area contributed by atoms with Crippen molar-refractivity contribution in [3.63, 3.8) is 0 Å². The molecule has 0 aliphatic rings. The fraction of sp³-hybridized carbons (Fsp3) is 0.238. The van der Waals surface area contributed by atoms with E-state index in [1.807, 2.05) is 29.6 Å². The molecule has 0 fully saturated rings. The van der Waals surface area contributed by atoms with Gasteiger partial charge in [0.25, 0.3) is 0 Å². The van der Waals surface area contributed by atoms with E-state index in [9.17, 15) is 4.79 Å². The minimum atomic E-state index is -0.0220. The molecule has 4 nitrogen and oxygen atoms in total. The molecular weight excluding hydrogens is 376 g/mol. The summed E-state index contributed by atoms with van der Waals surface area (Å²) >= 11 is 3.30. The highest BCUT2D eigenvalue weighted by atomic mass is 32.2. The molecule has 6 heteroatoms. The summed E-state index contributed by atoms with van der Waals surface area (Å²) in [6.45, 7) is 2.59. The molecule has 2 aromatic carbocycles. The summed E-state index contributed by atoms with van der Waals surface area (Å²) in [6, 6.07) is 16.2. The first kappa shape index (κ1) is 19.5. The Hall–Kier alpha value is -2.31. The van der Waals surface area contributed by atoms with Crippen LogP contribution in [0.2, 0.25) is 0 Å². The van der Waals surface area contributed by atoms with Crippen molar-refractivity contribution < 1.29 is 9.53 Å². The molecule has 0 radical (unpaired) electrons. The number of nitrogens with zero attached hydrogens (tertiary/aromatic N) is 1. The maximum atomic E-state index is 12.2. The van der Waals surface area contributed by atoms with E-state index in [-0.39, 0.29) is 5.91 Å². The monoisotopic (exact) mass is 398 g/mol. The lowest BCUT2D eigenvalue weighted by molar-refractivity contribution is -0.120. The Balaban J connectivity index is 1.44. The lowest BCUT2D eigenvalue weighted by Gasteiger charge is -2.05. The average molecular weight is 399 g/mol. The largest absolute Gasteiger partial charge is 0.497 e. The lowest BCUT2D eigenvalue weighted by atomic mass is 10.2. The van der Waals surface area contributed by atoms with Gasteiger partial charge in [0.1, 0.15) is 10.1 Å². The van der Waals surface area contributed by atoms with Crippen LogP contribution in [0.4, 0.5) is 0 Å². The molecule has 0 bridgehead atoms. The number of thioether (sulfide) groups is 1. The number of hydrogen-bond donors (Lipinski definition) is 1. The van der Waals surface area contributed by atoms with Crippen molar-refractivity contribution in [2.24, 2.45) is 0 Å². The third kappa shape index (κ3) is 6.12. The highest BCUT2D eigenvalue weighted by Gasteiger charge is 2.08. The van der Waals surface area contributed by atoms with Crippen LogP contribution in [0.15, 0.2) is 58.3 Å². The molecule has 1 aromatic heterocycles. The third-order valence-corrected chi connectivity index (χ3v) is 6.14. The molecule has 140 valence electrons. The molecule has 0 aliphatic heterocycles. The highest BCUT2D eigenvalue weighted by molar-refractivity contribution is 8.00. The van der Waals surface area contributed by atoms with Crippen LogP contribution in [-0.4, -0.2) is 18.0 Å². The lowest BCUT2D eigenvalue weighted by Crippen LogP contribution is -2.24. The van der Waals surface area contributed by atoms with Gasteiger partial charge in [0.2, 0.25) is 5.91 Å². The molecule has 0 unspecified atom stereocenters. The molecule has 1 heterocycles. The second-order valence-electron chi connectivity index (χ2n) is 6.18. The van der Waals surface area contributed by atoms with Crippen molar-refractivity contribution in [3.05, 3.63) is 76.3 Å². The fourth-order valence-corrected chi connectivity index (χ4v) is 4.24. The molecule has 3 aromatic rings. The quantitative estimate of drug-likeness (QED) is 0.563. The van der Waals surface area contributed by atoms with Gasteiger partial charge in [0.15, 0.2) is 0 Å². The van der Waals surface area contributed by atoms with Gasteiger partial charge in [-0.3, -0.25) is 4.79 Å². The first-order valence-electron chi connectivity index (χ1n) is 8.65. The molecule has 1 N–H and O–H groups in total. The molecule has 0 saturated carbocycles. The Kier molecular flexibility index (Phi) is 6.90. The second-order valence-corrected chi connectivity index (χ2v) is 8.26. The van der Waals surface area contributed by atoms with Gasteiger partial charge in [-0.1, -0.05) is 53.7 Å². The molecule has 27 heavy (non-hydrogen) atoms. The van der Waals surface area contributed by atoms with Crippen LogP contribution >= 0.6 is 23.1 Å². The molecular formula is C21H22N2O2S2. The molecule has 0 aliphatic carbocycles. The van der Waals surface area contributed by atoms with Crippen LogP contribution in [0.1, 0.15) is 22.4 Å². The van der Waals surface area contributed by atoms with E-state index in [0.29, 0.717) is 13.0 Å². The predicted octanol–water partition coefficient (Wildman–Crippen LogP) is 4.61. The number of carbonyl (C=O) groups is 1. The summed E-state index contributed by atoms with van der Waals surface area (Å²) in [7, 11) is 1.64. The number of benzene rings is 2. The number of aromatic nitrogens is 1. The van der Waals surface area contributed by atoms with Gasteiger partial charge in [0, 0.05) is 17.7 Å². The zero-order valence-corrected chi connectivity index (χ0v) is 17.0. The number of carbonyl (C=O) groups excluding carboxylic acids is 1. The van der Waals surface area contributed by atoms with Crippen molar-refractivity contribution in [2.75, 3.05) is 7.11 Å². The van der Waals surface area contributed by atoms with Gasteiger partial charge in [-0.05, 0) is 30.2 Å². The highest BCUT2D eigenvalue weighted by Crippen LogP contribution is 2.26. The number of hydrogen-bond acceptors (Lipinski definition) is 5. The van der Waals surface area contributed by atoms with E-state index in [2.05, 4.69) is 41.5 Å². The van der Waals surface area contributed by atoms with Crippen LogP contribution in [-0.2, 0) is 23.5 Å². The van der Waals surface area contributed by atoms with Crippen LogP contribution in [0.3, 0.4) is 0 Å². The van der Waals surface area contributed by atoms with Crippen molar-refractivity contribution in [1.82, 2.24) is 10.3 Å². The van der Waals surface area contributed by atoms with E-state index < -0.39 is 0 Å². The first-order valence-corrected chi connectivity index (χ1v) is 10.5. The van der Waals surface area contributed by atoms with E-state index in [0.717, 1.165) is 27.1 Å². The average Bonchev–Trinajstić information content (AvgIpc) is 3.13. The smallest absolute Gasteiger partial charge is 0.226 e. The van der Waals surface area contributed by atoms with Gasteiger partial charge in [-0.2, -0.15) is 0 Å². The van der Waals surface area contributed by atoms with Gasteiger partial charge >= 0.3 is 0 Å². The van der Waals surface area contributed by atoms with Crippen LogP contribution in [0.25, 0.3) is 0 Å². The first-order chi connectivity index (χ1) is 13.1. The third-order valence-electron chi connectivity index (χ3n) is 4.00. The van der Waals surface area contributed by atoms with Crippen molar-refractivity contribution in [3.8, 4) is 5.75 Å². The zero-order chi connectivity index (χ0) is 19.1. The topological polar surface area (TPSA) is 51.2 Å². The van der Waals surface area contributed by atoms with Gasteiger partial charge in [-0.25, -0.2) is 4.98 Å².